The predicted octanol–water partition coefficient (Wildman–Crippen LogP) is 3.04. The summed E-state index contributed by atoms with van der Waals surface area (Å²) in [6, 6.07) is 15.7. The Hall–Kier alpha value is -4.65. The molecule has 0 N–H and O–H groups in total. The van der Waals surface area contributed by atoms with Crippen LogP contribution in [-0.4, -0.2) is 62.0 Å². The fourth-order valence-corrected chi connectivity index (χ4v) is 4.03. The molecule has 11 nitrogen and oxygen atoms in total. The molecule has 12 heteroatoms. The van der Waals surface area contributed by atoms with E-state index >= 15 is 0 Å². The smallest absolute Gasteiger partial charge is 0.343 e. The van der Waals surface area contributed by atoms with Crippen molar-refractivity contribution in [2.24, 2.45) is 0 Å². The molecule has 0 aromatic heterocycles. The SMILES string of the molecule is O=C(Oc1ccc(-c2ccc(COC(=O)C3CO3)cc2)cc1F)c1ccc(COC(=O)C2CO2)c(COC(=O)C2CO2)c1. The predicted molar refractivity (Wildman–Crippen MR) is 142 cm³/mol. The molecule has 0 radical (unpaired) electrons. The fraction of sp³-hybridized carbons (Fsp3) is 0.290. The van der Waals surface area contributed by atoms with Gasteiger partial charge in [-0.25, -0.2) is 23.6 Å². The lowest BCUT2D eigenvalue weighted by atomic mass is 10.0. The lowest BCUT2D eigenvalue weighted by molar-refractivity contribution is -0.148. The van der Waals surface area contributed by atoms with Gasteiger partial charge in [-0.1, -0.05) is 36.4 Å². The van der Waals surface area contributed by atoms with E-state index in [2.05, 4.69) is 0 Å². The highest BCUT2D eigenvalue weighted by Gasteiger charge is 2.34. The van der Waals surface area contributed by atoms with Gasteiger partial charge in [0.2, 0.25) is 0 Å². The maximum atomic E-state index is 15.0. The van der Waals surface area contributed by atoms with Gasteiger partial charge in [-0.15, -0.1) is 0 Å². The summed E-state index contributed by atoms with van der Waals surface area (Å²) in [7, 11) is 0. The van der Waals surface area contributed by atoms with Crippen LogP contribution >= 0.6 is 0 Å². The molecule has 3 fully saturated rings. The minimum atomic E-state index is -0.838. The van der Waals surface area contributed by atoms with Crippen LogP contribution in [0.4, 0.5) is 4.39 Å². The Morgan fingerprint density at radius 3 is 1.74 bits per heavy atom. The first-order chi connectivity index (χ1) is 20.8. The largest absolute Gasteiger partial charge is 0.459 e. The van der Waals surface area contributed by atoms with Crippen molar-refractivity contribution in [2.75, 3.05) is 19.8 Å². The number of hydrogen-bond donors (Lipinski definition) is 0. The molecule has 6 rings (SSSR count). The normalized spacial score (nSPS) is 19.6. The second-order valence-electron chi connectivity index (χ2n) is 10.0. The van der Waals surface area contributed by atoms with Gasteiger partial charge in [0.05, 0.1) is 25.4 Å². The van der Waals surface area contributed by atoms with E-state index in [0.29, 0.717) is 35.5 Å². The minimum absolute atomic E-state index is 0.0716. The van der Waals surface area contributed by atoms with Crippen LogP contribution in [0.3, 0.4) is 0 Å². The molecule has 43 heavy (non-hydrogen) atoms. The Balaban J connectivity index is 1.10. The minimum Gasteiger partial charge on any atom is -0.459 e. The molecule has 222 valence electrons. The third-order valence-corrected chi connectivity index (χ3v) is 6.77. The van der Waals surface area contributed by atoms with E-state index in [9.17, 15) is 23.6 Å². The quantitative estimate of drug-likeness (QED) is 0.133. The van der Waals surface area contributed by atoms with E-state index in [4.69, 9.17) is 33.2 Å². The van der Waals surface area contributed by atoms with Crippen LogP contribution in [0.5, 0.6) is 5.75 Å². The number of hydrogen-bond acceptors (Lipinski definition) is 11. The number of carbonyl (C=O) groups is 4. The molecular weight excluding hydrogens is 567 g/mol. The number of esters is 4. The number of epoxide rings is 3. The van der Waals surface area contributed by atoms with E-state index in [1.165, 1.54) is 30.3 Å². The van der Waals surface area contributed by atoms with Crippen molar-refractivity contribution in [1.82, 2.24) is 0 Å². The van der Waals surface area contributed by atoms with Crippen LogP contribution in [0.1, 0.15) is 27.0 Å². The first-order valence-electron chi connectivity index (χ1n) is 13.4. The van der Waals surface area contributed by atoms with Gasteiger partial charge >= 0.3 is 23.9 Å². The number of halogens is 1. The second kappa shape index (κ2) is 12.3. The lowest BCUT2D eigenvalue weighted by Gasteiger charge is -2.13. The summed E-state index contributed by atoms with van der Waals surface area (Å²) in [4.78, 5) is 48.4. The molecular formula is C31H25FO11. The Morgan fingerprint density at radius 1 is 0.651 bits per heavy atom. The fourth-order valence-electron chi connectivity index (χ4n) is 4.03. The van der Waals surface area contributed by atoms with Crippen molar-refractivity contribution in [1.29, 1.82) is 0 Å². The maximum absolute atomic E-state index is 15.0. The van der Waals surface area contributed by atoms with Crippen LogP contribution in [-0.2, 0) is 62.6 Å². The Morgan fingerprint density at radius 2 is 1.19 bits per heavy atom. The average molecular weight is 593 g/mol. The molecule has 3 saturated heterocycles. The maximum Gasteiger partial charge on any atom is 0.343 e. The van der Waals surface area contributed by atoms with E-state index in [-0.39, 0.29) is 37.7 Å². The average Bonchev–Trinajstić information content (AvgIpc) is 3.85. The second-order valence-corrected chi connectivity index (χ2v) is 10.0. The third kappa shape index (κ3) is 7.41. The van der Waals surface area contributed by atoms with Crippen molar-refractivity contribution in [3.8, 4) is 16.9 Å². The topological polar surface area (TPSA) is 143 Å². The van der Waals surface area contributed by atoms with Gasteiger partial charge in [-0.3, -0.25) is 0 Å². The van der Waals surface area contributed by atoms with Gasteiger partial charge in [0, 0.05) is 0 Å². The van der Waals surface area contributed by atoms with E-state index < -0.39 is 48.0 Å². The molecule has 3 aromatic carbocycles. The van der Waals surface area contributed by atoms with Crippen LogP contribution in [0.15, 0.2) is 60.7 Å². The third-order valence-electron chi connectivity index (χ3n) is 6.77. The first kappa shape index (κ1) is 28.5. The monoisotopic (exact) mass is 592 g/mol. The molecule has 0 saturated carbocycles. The lowest BCUT2D eigenvalue weighted by Crippen LogP contribution is -2.16. The first-order valence-corrected chi connectivity index (χ1v) is 13.4. The van der Waals surface area contributed by atoms with E-state index in [1.54, 1.807) is 30.3 Å². The zero-order chi connectivity index (χ0) is 29.9. The summed E-state index contributed by atoms with van der Waals surface area (Å²) < 4.78 is 50.7. The molecule has 3 atom stereocenters. The number of ether oxygens (including phenoxy) is 7. The summed E-state index contributed by atoms with van der Waals surface area (Å²) >= 11 is 0. The van der Waals surface area contributed by atoms with Gasteiger partial charge in [0.25, 0.3) is 0 Å². The van der Waals surface area contributed by atoms with Crippen molar-refractivity contribution in [3.05, 3.63) is 88.7 Å². The van der Waals surface area contributed by atoms with Gasteiger partial charge in [-0.05, 0) is 52.1 Å². The number of benzene rings is 3. The Kier molecular flexibility index (Phi) is 8.14. The standard InChI is InChI=1S/C31H25FO11/c32-23-10-19(18-3-1-17(2-4-18)11-40-29(34)25-14-37-25)7-8-24(23)43-28(33)20-5-6-21(12-41-30(35)26-15-38-26)22(9-20)13-42-31(36)27-16-39-27/h1-10,25-27H,11-16H2. The van der Waals surface area contributed by atoms with Gasteiger partial charge in [-0.2, -0.15) is 0 Å². The van der Waals surface area contributed by atoms with Crippen molar-refractivity contribution in [2.45, 2.75) is 38.1 Å². The van der Waals surface area contributed by atoms with Crippen molar-refractivity contribution in [3.63, 3.8) is 0 Å². The summed E-state index contributed by atoms with van der Waals surface area (Å²) in [5, 5.41) is 0. The van der Waals surface area contributed by atoms with E-state index in [0.717, 1.165) is 5.56 Å². The number of carbonyl (C=O) groups excluding carboxylic acids is 4. The Bertz CT molecular complexity index is 1560. The highest BCUT2D eigenvalue weighted by molar-refractivity contribution is 5.91. The van der Waals surface area contributed by atoms with Gasteiger partial charge < -0.3 is 33.2 Å². The molecule has 3 aliphatic rings. The zero-order valence-electron chi connectivity index (χ0n) is 22.6. The van der Waals surface area contributed by atoms with Crippen LogP contribution in [0, 0.1) is 5.82 Å². The zero-order valence-corrected chi connectivity index (χ0v) is 22.6. The van der Waals surface area contributed by atoms with Gasteiger partial charge in [0.1, 0.15) is 19.8 Å². The van der Waals surface area contributed by atoms with Crippen LogP contribution in [0.2, 0.25) is 0 Å². The van der Waals surface area contributed by atoms with Crippen molar-refractivity contribution >= 4 is 23.9 Å². The molecule has 3 aromatic rings. The summed E-state index contributed by atoms with van der Waals surface area (Å²) in [6.45, 7) is 0.729. The Labute approximate surface area is 244 Å². The van der Waals surface area contributed by atoms with Crippen molar-refractivity contribution < 1.29 is 56.7 Å². The van der Waals surface area contributed by atoms with Crippen LogP contribution < -0.4 is 4.74 Å². The molecule has 3 heterocycles. The highest BCUT2D eigenvalue weighted by atomic mass is 19.1. The highest BCUT2D eigenvalue weighted by Crippen LogP contribution is 2.27. The summed E-state index contributed by atoms with van der Waals surface area (Å²) in [5.74, 6) is -3.34. The number of rotatable bonds is 12. The molecule has 3 aliphatic heterocycles. The van der Waals surface area contributed by atoms with E-state index in [1.807, 2.05) is 0 Å². The molecule has 0 aliphatic carbocycles. The molecule has 0 amide bonds. The molecule has 3 unspecified atom stereocenters. The van der Waals surface area contributed by atoms with Gasteiger partial charge in [0.15, 0.2) is 29.9 Å². The van der Waals surface area contributed by atoms with Crippen LogP contribution in [0.25, 0.3) is 11.1 Å². The molecule has 0 bridgehead atoms. The summed E-state index contributed by atoms with van der Waals surface area (Å²) in [6.07, 6.45) is -1.66. The molecule has 0 spiro atoms. The summed E-state index contributed by atoms with van der Waals surface area (Å²) in [5.41, 5.74) is 3.00.